The number of carbonyl (C=O) groups is 1. The average Bonchev–Trinajstić information content (AvgIpc) is 2.59. The van der Waals surface area contributed by atoms with E-state index in [1.165, 1.54) is 0 Å². The molecule has 0 radical (unpaired) electrons. The summed E-state index contributed by atoms with van der Waals surface area (Å²) in [6, 6.07) is 0. The number of nitrogens with zero attached hydrogens (tertiary/aromatic N) is 4. The number of carbonyl (C=O) groups excluding carboxylic acids is 1. The first-order chi connectivity index (χ1) is 8.39. The van der Waals surface area contributed by atoms with Crippen LogP contribution in [0.4, 0.5) is 5.82 Å². The zero-order valence-corrected chi connectivity index (χ0v) is 10.6. The van der Waals surface area contributed by atoms with Crippen LogP contribution in [-0.4, -0.2) is 31.0 Å². The Kier molecular flexibility index (Phi) is 2.90. The molecular weight excluding hydrogens is 232 g/mol. The highest BCUT2D eigenvalue weighted by atomic mass is 16.1. The molecule has 0 atom stereocenters. The van der Waals surface area contributed by atoms with E-state index in [9.17, 15) is 4.79 Å². The molecule has 7 heteroatoms. The Balaban J connectivity index is 2.34. The van der Waals surface area contributed by atoms with Crippen molar-refractivity contribution >= 4 is 17.4 Å². The van der Waals surface area contributed by atoms with Gasteiger partial charge < -0.3 is 11.1 Å². The van der Waals surface area contributed by atoms with Crippen molar-refractivity contribution in [3.63, 3.8) is 0 Å². The molecule has 2 aromatic rings. The molecule has 7 nitrogen and oxygen atoms in total. The molecule has 0 bridgehead atoms. The summed E-state index contributed by atoms with van der Waals surface area (Å²) in [5.74, 6) is 1.00. The predicted molar refractivity (Wildman–Crippen MR) is 67.0 cm³/mol. The topological polar surface area (TPSA) is 98.2 Å². The molecule has 0 saturated carbocycles. The Morgan fingerprint density at radius 3 is 2.89 bits per heavy atom. The van der Waals surface area contributed by atoms with Crippen molar-refractivity contribution in [3.05, 3.63) is 18.2 Å². The molecule has 2 aromatic heterocycles. The van der Waals surface area contributed by atoms with Gasteiger partial charge in [-0.05, 0) is 20.8 Å². The van der Waals surface area contributed by atoms with Gasteiger partial charge in [0.15, 0.2) is 5.82 Å². The molecule has 0 aliphatic heterocycles. The number of aromatic nitrogens is 4. The summed E-state index contributed by atoms with van der Waals surface area (Å²) < 4.78 is 1.83. The van der Waals surface area contributed by atoms with Crippen LogP contribution in [0, 0.1) is 6.92 Å². The number of hydrogen-bond donors (Lipinski definition) is 2. The van der Waals surface area contributed by atoms with Gasteiger partial charge in [-0.25, -0.2) is 4.98 Å². The normalized spacial score (nSPS) is 11.7. The van der Waals surface area contributed by atoms with Gasteiger partial charge in [0.25, 0.3) is 0 Å². The Labute approximate surface area is 104 Å². The maximum Gasteiger partial charge on any atom is 0.219 e. The second-order valence-corrected chi connectivity index (χ2v) is 4.87. The number of aryl methyl sites for hydroxylation is 1. The van der Waals surface area contributed by atoms with E-state index in [4.69, 9.17) is 5.73 Å². The van der Waals surface area contributed by atoms with Crippen molar-refractivity contribution < 1.29 is 4.79 Å². The third kappa shape index (κ3) is 2.39. The van der Waals surface area contributed by atoms with Crippen LogP contribution >= 0.6 is 0 Å². The minimum atomic E-state index is -0.486. The lowest BCUT2D eigenvalue weighted by Gasteiger charge is -2.25. The van der Waals surface area contributed by atoms with Crippen LogP contribution in [-0.2, 0) is 4.79 Å². The highest BCUT2D eigenvalue weighted by molar-refractivity contribution is 5.76. The van der Waals surface area contributed by atoms with E-state index in [-0.39, 0.29) is 12.3 Å². The lowest BCUT2D eigenvalue weighted by Crippen LogP contribution is -2.36. The molecule has 0 aliphatic carbocycles. The number of amides is 1. The monoisotopic (exact) mass is 248 g/mol. The van der Waals surface area contributed by atoms with Crippen LogP contribution in [0.5, 0.6) is 0 Å². The summed E-state index contributed by atoms with van der Waals surface area (Å²) in [4.78, 5) is 15.2. The van der Waals surface area contributed by atoms with E-state index in [0.29, 0.717) is 11.5 Å². The van der Waals surface area contributed by atoms with E-state index in [1.54, 1.807) is 12.4 Å². The lowest BCUT2D eigenvalue weighted by molar-refractivity contribution is -0.118. The average molecular weight is 248 g/mol. The van der Waals surface area contributed by atoms with E-state index >= 15 is 0 Å². The number of nitrogens with two attached hydrogens (primary N) is 1. The zero-order valence-electron chi connectivity index (χ0n) is 10.6. The summed E-state index contributed by atoms with van der Waals surface area (Å²) in [7, 11) is 0. The number of fused-ring (bicyclic) bond motifs is 1. The molecule has 2 rings (SSSR count). The minimum absolute atomic E-state index is 0.211. The zero-order chi connectivity index (χ0) is 13.3. The summed E-state index contributed by atoms with van der Waals surface area (Å²) in [6.45, 7) is 5.62. The fraction of sp³-hybridized carbons (Fsp3) is 0.455. The lowest BCUT2D eigenvalue weighted by atomic mass is 10.0. The molecule has 1 amide bonds. The summed E-state index contributed by atoms with van der Waals surface area (Å²) in [5.41, 5.74) is 5.36. The molecule has 18 heavy (non-hydrogen) atoms. The van der Waals surface area contributed by atoms with Crippen molar-refractivity contribution in [3.8, 4) is 0 Å². The van der Waals surface area contributed by atoms with Crippen molar-refractivity contribution in [2.45, 2.75) is 32.7 Å². The van der Waals surface area contributed by atoms with Gasteiger partial charge in [-0.2, -0.15) is 0 Å². The molecule has 2 heterocycles. The molecule has 0 saturated heterocycles. The Hall–Kier alpha value is -2.18. The highest BCUT2D eigenvalue weighted by Gasteiger charge is 2.22. The van der Waals surface area contributed by atoms with Gasteiger partial charge in [-0.3, -0.25) is 9.20 Å². The molecule has 0 unspecified atom stereocenters. The van der Waals surface area contributed by atoms with Gasteiger partial charge in [-0.15, -0.1) is 10.2 Å². The molecule has 0 aliphatic rings. The number of primary amides is 1. The van der Waals surface area contributed by atoms with Gasteiger partial charge >= 0.3 is 0 Å². The maximum absolute atomic E-state index is 11.0. The van der Waals surface area contributed by atoms with E-state index in [1.807, 2.05) is 25.2 Å². The largest absolute Gasteiger partial charge is 0.370 e. The van der Waals surface area contributed by atoms with Gasteiger partial charge in [-0.1, -0.05) is 0 Å². The second kappa shape index (κ2) is 4.25. The summed E-state index contributed by atoms with van der Waals surface area (Å²) >= 11 is 0. The molecular formula is C11H16N6O. The molecule has 0 spiro atoms. The fourth-order valence-corrected chi connectivity index (χ4v) is 1.83. The van der Waals surface area contributed by atoms with Crippen LogP contribution in [0.25, 0.3) is 5.65 Å². The maximum atomic E-state index is 11.0. The molecule has 0 fully saturated rings. The van der Waals surface area contributed by atoms with Crippen molar-refractivity contribution in [2.75, 3.05) is 5.32 Å². The first-order valence-corrected chi connectivity index (χ1v) is 5.62. The third-order valence-electron chi connectivity index (χ3n) is 2.57. The van der Waals surface area contributed by atoms with E-state index < -0.39 is 5.54 Å². The van der Waals surface area contributed by atoms with Gasteiger partial charge in [0.1, 0.15) is 5.82 Å². The van der Waals surface area contributed by atoms with Crippen LogP contribution in [0.2, 0.25) is 0 Å². The number of hydrogen-bond acceptors (Lipinski definition) is 5. The van der Waals surface area contributed by atoms with E-state index in [0.717, 1.165) is 5.82 Å². The quantitative estimate of drug-likeness (QED) is 0.821. The van der Waals surface area contributed by atoms with E-state index in [2.05, 4.69) is 20.5 Å². The Bertz CT molecular complexity index is 588. The Morgan fingerprint density at radius 1 is 1.50 bits per heavy atom. The third-order valence-corrected chi connectivity index (χ3v) is 2.57. The molecule has 0 aromatic carbocycles. The predicted octanol–water partition coefficient (Wildman–Crippen LogP) is 0.499. The fourth-order valence-electron chi connectivity index (χ4n) is 1.83. The standard InChI is InChI=1S/C11H16N6O/c1-7-15-16-10-9(13-4-5-17(7)10)14-11(2,3)6-8(12)18/h4-5H,6H2,1-3H3,(H2,12,18)(H,13,14). The van der Waals surface area contributed by atoms with Crippen LogP contribution in [0.3, 0.4) is 0 Å². The summed E-state index contributed by atoms with van der Waals surface area (Å²) in [5, 5.41) is 11.2. The van der Waals surface area contributed by atoms with Crippen LogP contribution in [0.15, 0.2) is 12.4 Å². The minimum Gasteiger partial charge on any atom is -0.370 e. The van der Waals surface area contributed by atoms with Crippen LogP contribution in [0.1, 0.15) is 26.1 Å². The number of rotatable bonds is 4. The summed E-state index contributed by atoms with van der Waals surface area (Å²) in [6.07, 6.45) is 3.66. The molecule has 3 N–H and O–H groups in total. The first-order valence-electron chi connectivity index (χ1n) is 5.62. The van der Waals surface area contributed by atoms with Crippen molar-refractivity contribution in [1.82, 2.24) is 19.6 Å². The Morgan fingerprint density at radius 2 is 2.22 bits per heavy atom. The first kappa shape index (κ1) is 12.3. The smallest absolute Gasteiger partial charge is 0.219 e. The van der Waals surface area contributed by atoms with Crippen molar-refractivity contribution in [1.29, 1.82) is 0 Å². The van der Waals surface area contributed by atoms with Gasteiger partial charge in [0.05, 0.1) is 0 Å². The van der Waals surface area contributed by atoms with Gasteiger partial charge in [0.2, 0.25) is 11.6 Å². The number of nitrogens with one attached hydrogen (secondary N) is 1. The second-order valence-electron chi connectivity index (χ2n) is 4.87. The highest BCUT2D eigenvalue weighted by Crippen LogP contribution is 2.19. The SMILES string of the molecule is Cc1nnc2c(NC(C)(C)CC(N)=O)nccn12. The number of anilines is 1. The molecule has 96 valence electrons. The van der Waals surface area contributed by atoms with Crippen LogP contribution < -0.4 is 11.1 Å². The van der Waals surface area contributed by atoms with Crippen molar-refractivity contribution in [2.24, 2.45) is 5.73 Å². The van der Waals surface area contributed by atoms with Gasteiger partial charge in [0, 0.05) is 24.4 Å².